The number of hydrogen-bond acceptors (Lipinski definition) is 2. The second kappa shape index (κ2) is 5.85. The zero-order chi connectivity index (χ0) is 13.8. The van der Waals surface area contributed by atoms with Crippen LogP contribution in [0.2, 0.25) is 0 Å². The van der Waals surface area contributed by atoms with E-state index in [4.69, 9.17) is 5.73 Å². The molecule has 3 heteroatoms. The van der Waals surface area contributed by atoms with Gasteiger partial charge in [-0.15, -0.1) is 0 Å². The summed E-state index contributed by atoms with van der Waals surface area (Å²) >= 11 is 0. The van der Waals surface area contributed by atoms with E-state index in [0.717, 1.165) is 16.8 Å². The molecule has 0 aromatic heterocycles. The minimum atomic E-state index is -0.244. The zero-order valence-electron chi connectivity index (χ0n) is 11.3. The lowest BCUT2D eigenvalue weighted by molar-refractivity contribution is 0.629. The predicted molar refractivity (Wildman–Crippen MR) is 78.4 cm³/mol. The van der Waals surface area contributed by atoms with Gasteiger partial charge in [0.25, 0.3) is 0 Å². The monoisotopic (exact) mass is 258 g/mol. The molecular formula is C16H19FN2. The van der Waals surface area contributed by atoms with Crippen molar-refractivity contribution in [2.75, 3.05) is 11.9 Å². The fraction of sp³-hybridized carbons (Fsp3) is 0.250. The van der Waals surface area contributed by atoms with Crippen LogP contribution in [0.25, 0.3) is 0 Å². The Morgan fingerprint density at radius 1 is 1.11 bits per heavy atom. The number of rotatable bonds is 4. The van der Waals surface area contributed by atoms with E-state index in [1.807, 2.05) is 38.1 Å². The Morgan fingerprint density at radius 2 is 1.89 bits per heavy atom. The van der Waals surface area contributed by atoms with Crippen LogP contribution < -0.4 is 11.1 Å². The van der Waals surface area contributed by atoms with Crippen molar-refractivity contribution in [2.45, 2.75) is 20.3 Å². The lowest BCUT2D eigenvalue weighted by atomic mass is 10.1. The van der Waals surface area contributed by atoms with E-state index in [-0.39, 0.29) is 5.82 Å². The average Bonchev–Trinajstić information content (AvgIpc) is 2.38. The highest BCUT2D eigenvalue weighted by atomic mass is 19.1. The lowest BCUT2D eigenvalue weighted by Gasteiger charge is -2.12. The van der Waals surface area contributed by atoms with Crippen LogP contribution >= 0.6 is 0 Å². The fourth-order valence-electron chi connectivity index (χ4n) is 2.01. The van der Waals surface area contributed by atoms with Gasteiger partial charge in [-0.2, -0.15) is 0 Å². The van der Waals surface area contributed by atoms with Crippen LogP contribution in [-0.4, -0.2) is 6.54 Å². The minimum absolute atomic E-state index is 0.244. The van der Waals surface area contributed by atoms with E-state index < -0.39 is 0 Å². The summed E-state index contributed by atoms with van der Waals surface area (Å²) in [5.74, 6) is -0.244. The molecule has 3 N–H and O–H groups in total. The second-order valence-corrected chi connectivity index (χ2v) is 4.73. The SMILES string of the molecule is Cc1cccc(Nc2ccc(CCN)cc2F)c1C. The van der Waals surface area contributed by atoms with Crippen molar-refractivity contribution in [3.05, 3.63) is 58.9 Å². The number of benzene rings is 2. The Bertz CT molecular complexity index is 579. The number of nitrogens with one attached hydrogen (secondary N) is 1. The van der Waals surface area contributed by atoms with Crippen LogP contribution in [-0.2, 0) is 6.42 Å². The number of hydrogen-bond donors (Lipinski definition) is 2. The molecule has 19 heavy (non-hydrogen) atoms. The molecular weight excluding hydrogens is 239 g/mol. The Balaban J connectivity index is 2.26. The molecule has 2 rings (SSSR count). The first-order valence-corrected chi connectivity index (χ1v) is 6.43. The number of anilines is 2. The first-order valence-electron chi connectivity index (χ1n) is 6.43. The van der Waals surface area contributed by atoms with Gasteiger partial charge in [0.15, 0.2) is 0 Å². The summed E-state index contributed by atoms with van der Waals surface area (Å²) in [7, 11) is 0. The number of halogens is 1. The quantitative estimate of drug-likeness (QED) is 0.877. The van der Waals surface area contributed by atoms with Crippen molar-refractivity contribution in [1.29, 1.82) is 0 Å². The van der Waals surface area contributed by atoms with Crippen LogP contribution in [0.15, 0.2) is 36.4 Å². The summed E-state index contributed by atoms with van der Waals surface area (Å²) in [6, 6.07) is 11.2. The molecule has 0 bridgehead atoms. The third-order valence-corrected chi connectivity index (χ3v) is 3.34. The predicted octanol–water partition coefficient (Wildman–Crippen LogP) is 3.69. The number of aryl methyl sites for hydroxylation is 1. The maximum absolute atomic E-state index is 14.0. The molecule has 0 radical (unpaired) electrons. The molecule has 0 aliphatic rings. The Morgan fingerprint density at radius 3 is 2.58 bits per heavy atom. The van der Waals surface area contributed by atoms with Crippen LogP contribution in [0.3, 0.4) is 0 Å². The highest BCUT2D eigenvalue weighted by molar-refractivity contribution is 5.65. The van der Waals surface area contributed by atoms with Crippen molar-refractivity contribution in [1.82, 2.24) is 0 Å². The molecule has 100 valence electrons. The lowest BCUT2D eigenvalue weighted by Crippen LogP contribution is -2.04. The van der Waals surface area contributed by atoms with Gasteiger partial charge in [0.05, 0.1) is 5.69 Å². The molecule has 0 saturated carbocycles. The normalized spacial score (nSPS) is 10.5. The van der Waals surface area contributed by atoms with Crippen molar-refractivity contribution in [2.24, 2.45) is 5.73 Å². The van der Waals surface area contributed by atoms with E-state index in [1.165, 1.54) is 5.56 Å². The maximum atomic E-state index is 14.0. The van der Waals surface area contributed by atoms with Gasteiger partial charge < -0.3 is 11.1 Å². The van der Waals surface area contributed by atoms with Crippen molar-refractivity contribution >= 4 is 11.4 Å². The van der Waals surface area contributed by atoms with E-state index in [2.05, 4.69) is 5.32 Å². The summed E-state index contributed by atoms with van der Waals surface area (Å²) in [6.45, 7) is 4.60. The summed E-state index contributed by atoms with van der Waals surface area (Å²) in [4.78, 5) is 0. The van der Waals surface area contributed by atoms with Gasteiger partial charge in [0.1, 0.15) is 5.82 Å². The van der Waals surface area contributed by atoms with Crippen LogP contribution in [0, 0.1) is 19.7 Å². The largest absolute Gasteiger partial charge is 0.353 e. The molecule has 0 spiro atoms. The Kier molecular flexibility index (Phi) is 4.17. The van der Waals surface area contributed by atoms with E-state index >= 15 is 0 Å². The first-order chi connectivity index (χ1) is 9.11. The molecule has 0 amide bonds. The molecule has 2 nitrogen and oxygen atoms in total. The zero-order valence-corrected chi connectivity index (χ0v) is 11.3. The third-order valence-electron chi connectivity index (χ3n) is 3.34. The molecule has 0 aliphatic carbocycles. The maximum Gasteiger partial charge on any atom is 0.146 e. The molecule has 2 aromatic carbocycles. The summed E-state index contributed by atoms with van der Waals surface area (Å²) in [5, 5.41) is 3.14. The molecule has 0 fully saturated rings. The number of nitrogens with two attached hydrogens (primary N) is 1. The standard InChI is InChI=1S/C16H19FN2/c1-11-4-3-5-15(12(11)2)19-16-7-6-13(8-9-18)10-14(16)17/h3-7,10,19H,8-9,18H2,1-2H3. The summed E-state index contributed by atoms with van der Waals surface area (Å²) in [5.41, 5.74) is 10.1. The Hall–Kier alpha value is -1.87. The molecule has 0 heterocycles. The van der Waals surface area contributed by atoms with Crippen molar-refractivity contribution < 1.29 is 4.39 Å². The minimum Gasteiger partial charge on any atom is -0.353 e. The summed E-state index contributed by atoms with van der Waals surface area (Å²) in [6.07, 6.45) is 0.695. The Labute approximate surface area is 113 Å². The highest BCUT2D eigenvalue weighted by Gasteiger charge is 2.06. The van der Waals surface area contributed by atoms with Crippen LogP contribution in [0.5, 0.6) is 0 Å². The molecule has 0 unspecified atom stereocenters. The molecule has 2 aromatic rings. The van der Waals surface area contributed by atoms with Crippen LogP contribution in [0.1, 0.15) is 16.7 Å². The van der Waals surface area contributed by atoms with Crippen molar-refractivity contribution in [3.63, 3.8) is 0 Å². The molecule has 0 atom stereocenters. The molecule has 0 aliphatic heterocycles. The van der Waals surface area contributed by atoms with Gasteiger partial charge in [-0.1, -0.05) is 18.2 Å². The average molecular weight is 258 g/mol. The molecule has 0 saturated heterocycles. The van der Waals surface area contributed by atoms with Gasteiger partial charge in [-0.3, -0.25) is 0 Å². The highest BCUT2D eigenvalue weighted by Crippen LogP contribution is 2.25. The van der Waals surface area contributed by atoms with Crippen LogP contribution in [0.4, 0.5) is 15.8 Å². The van der Waals surface area contributed by atoms with Gasteiger partial charge in [0, 0.05) is 5.69 Å². The first kappa shape index (κ1) is 13.6. The smallest absolute Gasteiger partial charge is 0.146 e. The third kappa shape index (κ3) is 3.12. The second-order valence-electron chi connectivity index (χ2n) is 4.73. The van der Waals surface area contributed by atoms with E-state index in [1.54, 1.807) is 12.1 Å². The summed E-state index contributed by atoms with van der Waals surface area (Å²) < 4.78 is 14.0. The van der Waals surface area contributed by atoms with E-state index in [9.17, 15) is 4.39 Å². The van der Waals surface area contributed by atoms with Gasteiger partial charge in [-0.25, -0.2) is 4.39 Å². The van der Waals surface area contributed by atoms with Gasteiger partial charge in [0.2, 0.25) is 0 Å². The van der Waals surface area contributed by atoms with E-state index in [0.29, 0.717) is 18.7 Å². The topological polar surface area (TPSA) is 38.0 Å². The van der Waals surface area contributed by atoms with Crippen molar-refractivity contribution in [3.8, 4) is 0 Å². The van der Waals surface area contributed by atoms with Gasteiger partial charge in [-0.05, 0) is 61.7 Å². The van der Waals surface area contributed by atoms with Gasteiger partial charge >= 0.3 is 0 Å². The fourth-order valence-corrected chi connectivity index (χ4v) is 2.01.